The number of phenols is 4. The van der Waals surface area contributed by atoms with E-state index in [4.69, 9.17) is 20.0 Å². The number of hydrogen-bond acceptors (Lipinski definition) is 8. The predicted molar refractivity (Wildman–Crippen MR) is 206 cm³/mol. The van der Waals surface area contributed by atoms with E-state index in [2.05, 4.69) is 0 Å². The van der Waals surface area contributed by atoms with Crippen LogP contribution in [0.25, 0.3) is 22.3 Å². The summed E-state index contributed by atoms with van der Waals surface area (Å²) in [7, 11) is 0. The van der Waals surface area contributed by atoms with Gasteiger partial charge >= 0.3 is 0 Å². The van der Waals surface area contributed by atoms with Crippen LogP contribution in [0.3, 0.4) is 0 Å². The van der Waals surface area contributed by atoms with Crippen LogP contribution in [0, 0.1) is 0 Å². The minimum atomic E-state index is 0.0538. The molecule has 9 rings (SSSR count). The number of benzene rings is 4. The molecule has 0 aliphatic carbocycles. The van der Waals surface area contributed by atoms with Crippen molar-refractivity contribution in [2.24, 2.45) is 20.0 Å². The second kappa shape index (κ2) is 12.2. The Morgan fingerprint density at radius 3 is 1.44 bits per heavy atom. The number of hydrogen-bond donors (Lipinski definition) is 4. The Hall–Kier alpha value is -7.32. The van der Waals surface area contributed by atoms with Gasteiger partial charge in [-0.15, -0.1) is 0 Å². The topological polar surface area (TPSA) is 130 Å². The van der Waals surface area contributed by atoms with E-state index in [1.165, 1.54) is 0 Å². The molecule has 4 aromatic carbocycles. The molecule has 0 amide bonds. The predicted octanol–water partition coefficient (Wildman–Crippen LogP) is 8.51. The summed E-state index contributed by atoms with van der Waals surface area (Å²) in [6.45, 7) is 0. The maximum Gasteiger partial charge on any atom is 0.116 e. The Labute approximate surface area is 298 Å². The average molecular weight is 677 g/mol. The van der Waals surface area contributed by atoms with Gasteiger partial charge in [0.15, 0.2) is 0 Å². The van der Waals surface area contributed by atoms with Gasteiger partial charge in [-0.05, 0) is 119 Å². The number of fused-ring (bicyclic) bond motifs is 4. The summed E-state index contributed by atoms with van der Waals surface area (Å²) in [6, 6.07) is 27.9. The highest BCUT2D eigenvalue weighted by atomic mass is 16.3. The number of aliphatic imine (C=N–C) groups is 4. The van der Waals surface area contributed by atoms with Gasteiger partial charge in [0.2, 0.25) is 0 Å². The normalized spacial score (nSPS) is 17.4. The highest BCUT2D eigenvalue weighted by molar-refractivity contribution is 6.50. The summed E-state index contributed by atoms with van der Waals surface area (Å²) < 4.78 is 0. The van der Waals surface area contributed by atoms with Crippen LogP contribution in [0.1, 0.15) is 22.3 Å². The zero-order valence-corrected chi connectivity index (χ0v) is 27.4. The third-order valence-electron chi connectivity index (χ3n) is 9.04. The lowest BCUT2D eigenvalue weighted by Crippen LogP contribution is -2.07. The van der Waals surface area contributed by atoms with E-state index in [0.717, 1.165) is 22.5 Å². The first kappa shape index (κ1) is 30.7. The summed E-state index contributed by atoms with van der Waals surface area (Å²) in [4.78, 5) is 20.3. The number of aromatic hydroxyl groups is 4. The molecule has 0 radical (unpaired) electrons. The molecule has 5 aliphatic rings. The first-order valence-corrected chi connectivity index (χ1v) is 16.6. The van der Waals surface area contributed by atoms with E-state index in [-0.39, 0.29) is 23.0 Å². The summed E-state index contributed by atoms with van der Waals surface area (Å²) in [6.07, 6.45) is 15.4. The quantitative estimate of drug-likeness (QED) is 0.173. The monoisotopic (exact) mass is 676 g/mol. The molecular formula is C44H28N4O4. The summed E-state index contributed by atoms with van der Waals surface area (Å²) >= 11 is 0. The van der Waals surface area contributed by atoms with Gasteiger partial charge in [-0.3, -0.25) is 0 Å². The molecule has 0 atom stereocenters. The van der Waals surface area contributed by atoms with Crippen molar-refractivity contribution in [3.63, 3.8) is 0 Å². The van der Waals surface area contributed by atoms with Crippen molar-refractivity contribution in [3.8, 4) is 23.0 Å². The minimum Gasteiger partial charge on any atom is -0.508 e. The standard InChI is InChI=1S/C44H28N4O4/c49-34-9-1-5-25(17-34)38-23-33-22-31-14-13-29(45-31)21-30-15-16-32(46-30)24-39-40(26-6-2-10-35(50)18-26)41(27-7-3-11-36(51)19-27)44(48-39)42(43(38)47-33)28-8-4-12-37(52)20-28/h1-24,49-52H. The summed E-state index contributed by atoms with van der Waals surface area (Å²) in [5, 5.41) is 43.0. The number of phenolic OH excluding ortho intramolecular Hbond substituents is 4. The fraction of sp³-hybridized carbons (Fsp3) is 0. The lowest BCUT2D eigenvalue weighted by molar-refractivity contribution is 0.474. The maximum atomic E-state index is 10.9. The van der Waals surface area contributed by atoms with Crippen molar-refractivity contribution in [1.29, 1.82) is 0 Å². The second-order valence-electron chi connectivity index (χ2n) is 12.6. The molecule has 0 saturated carbocycles. The van der Waals surface area contributed by atoms with Gasteiger partial charge in [0, 0.05) is 22.3 Å². The largest absolute Gasteiger partial charge is 0.508 e. The third kappa shape index (κ3) is 5.64. The number of rotatable bonds is 4. The molecule has 0 aromatic heterocycles. The van der Waals surface area contributed by atoms with Crippen molar-refractivity contribution in [2.45, 2.75) is 0 Å². The van der Waals surface area contributed by atoms with Crippen molar-refractivity contribution >= 4 is 45.1 Å². The Morgan fingerprint density at radius 1 is 0.385 bits per heavy atom. The van der Waals surface area contributed by atoms with Crippen molar-refractivity contribution < 1.29 is 20.4 Å². The molecule has 248 valence electrons. The zero-order valence-electron chi connectivity index (χ0n) is 27.4. The first-order chi connectivity index (χ1) is 25.3. The van der Waals surface area contributed by atoms with Gasteiger partial charge < -0.3 is 20.4 Å². The highest BCUT2D eigenvalue weighted by Gasteiger charge is 2.33. The lowest BCUT2D eigenvalue weighted by atomic mass is 9.85. The van der Waals surface area contributed by atoms with Crippen LogP contribution in [0.4, 0.5) is 0 Å². The van der Waals surface area contributed by atoms with E-state index in [1.807, 2.05) is 72.9 Å². The highest BCUT2D eigenvalue weighted by Crippen LogP contribution is 2.47. The summed E-state index contributed by atoms with van der Waals surface area (Å²) in [5.41, 5.74) is 10.5. The molecule has 52 heavy (non-hydrogen) atoms. The van der Waals surface area contributed by atoms with Crippen LogP contribution in [-0.4, -0.2) is 43.3 Å². The van der Waals surface area contributed by atoms with E-state index in [1.54, 1.807) is 72.8 Å². The van der Waals surface area contributed by atoms with Crippen LogP contribution in [0.2, 0.25) is 0 Å². The fourth-order valence-corrected chi connectivity index (χ4v) is 6.86. The van der Waals surface area contributed by atoms with E-state index >= 15 is 0 Å². The molecule has 8 heteroatoms. The Kier molecular flexibility index (Phi) is 7.22. The van der Waals surface area contributed by atoms with Gasteiger partial charge in [-0.2, -0.15) is 0 Å². The van der Waals surface area contributed by atoms with E-state index in [9.17, 15) is 20.4 Å². The van der Waals surface area contributed by atoms with Gasteiger partial charge in [-0.25, -0.2) is 20.0 Å². The zero-order chi connectivity index (χ0) is 35.3. The molecule has 4 aromatic rings. The molecule has 4 N–H and O–H groups in total. The Balaban J connectivity index is 1.45. The van der Waals surface area contributed by atoms with Crippen molar-refractivity contribution in [3.05, 3.63) is 191 Å². The lowest BCUT2D eigenvalue weighted by Gasteiger charge is -2.18. The van der Waals surface area contributed by atoms with Gasteiger partial charge in [0.25, 0.3) is 0 Å². The van der Waals surface area contributed by atoms with Crippen LogP contribution in [0.5, 0.6) is 23.0 Å². The molecule has 8 bridgehead atoms. The molecule has 5 aliphatic heterocycles. The Morgan fingerprint density at radius 2 is 0.865 bits per heavy atom. The molecule has 0 fully saturated rings. The molecule has 8 nitrogen and oxygen atoms in total. The van der Waals surface area contributed by atoms with Gasteiger partial charge in [0.05, 0.1) is 45.6 Å². The van der Waals surface area contributed by atoms with Gasteiger partial charge in [-0.1, -0.05) is 48.5 Å². The average Bonchev–Trinajstić information content (AvgIpc) is 3.93. The second-order valence-corrected chi connectivity index (χ2v) is 12.6. The smallest absolute Gasteiger partial charge is 0.116 e. The minimum absolute atomic E-state index is 0.0538. The fourth-order valence-electron chi connectivity index (χ4n) is 6.86. The maximum absolute atomic E-state index is 10.9. The number of allylic oxidation sites excluding steroid dienone is 12. The number of nitrogens with zero attached hydrogens (tertiary/aromatic N) is 4. The molecule has 5 heterocycles. The van der Waals surface area contributed by atoms with Crippen molar-refractivity contribution in [1.82, 2.24) is 0 Å². The van der Waals surface area contributed by atoms with Crippen LogP contribution >= 0.6 is 0 Å². The van der Waals surface area contributed by atoms with E-state index < -0.39 is 0 Å². The molecule has 0 saturated heterocycles. The third-order valence-corrected chi connectivity index (χ3v) is 9.04. The van der Waals surface area contributed by atoms with E-state index in [0.29, 0.717) is 67.6 Å². The SMILES string of the molecule is Oc1cccc(C2=CC3=CC4=NC(=CC5=NC(=CC6=NC(=C(c7cccc(O)c7)C2=N3)C(c2cccc(O)c2)=C6c2cccc(O)c2)C=C5)C=C4)c1. The molecular weight excluding hydrogens is 649 g/mol. The van der Waals surface area contributed by atoms with Crippen molar-refractivity contribution in [2.75, 3.05) is 0 Å². The Bertz CT molecular complexity index is 2650. The van der Waals surface area contributed by atoms with Gasteiger partial charge in [0.1, 0.15) is 23.0 Å². The molecule has 0 unspecified atom stereocenters. The van der Waals surface area contributed by atoms with Crippen LogP contribution in [-0.2, 0) is 0 Å². The molecule has 0 spiro atoms. The first-order valence-electron chi connectivity index (χ1n) is 16.6. The van der Waals surface area contributed by atoms with Crippen LogP contribution in [0.15, 0.2) is 188 Å². The summed E-state index contributed by atoms with van der Waals surface area (Å²) in [5.74, 6) is 0.301. The van der Waals surface area contributed by atoms with Crippen LogP contribution < -0.4 is 0 Å².